The van der Waals surface area contributed by atoms with Crippen LogP contribution in [0.1, 0.15) is 40.2 Å². The molecular weight excluding hydrogens is 639 g/mol. The highest BCUT2D eigenvalue weighted by atomic mass is 19.4. The summed E-state index contributed by atoms with van der Waals surface area (Å²) in [5.41, 5.74) is 2.54. The summed E-state index contributed by atoms with van der Waals surface area (Å²) >= 11 is 0. The lowest BCUT2D eigenvalue weighted by molar-refractivity contribution is -0.154. The molecule has 0 unspecified atom stereocenters. The maximum Gasteiger partial charge on any atom is 0.422 e. The zero-order valence-electron chi connectivity index (χ0n) is 27.3. The van der Waals surface area contributed by atoms with Gasteiger partial charge >= 0.3 is 12.2 Å². The summed E-state index contributed by atoms with van der Waals surface area (Å²) in [5, 5.41) is 0. The van der Waals surface area contributed by atoms with Gasteiger partial charge in [0.15, 0.2) is 6.61 Å². The van der Waals surface area contributed by atoms with Crippen LogP contribution in [0.5, 0.6) is 17.8 Å². The van der Waals surface area contributed by atoms with Crippen LogP contribution in [0.2, 0.25) is 0 Å². The SMILES string of the molecule is CCOc1nc(OC)c(CN2C[C@@H]3CN(C(=O)c4ncccn4)CCN3[C@H](C(c3ccccc3)c3ccccc3)C2)c(OCC(F)(F)F)n1. The summed E-state index contributed by atoms with van der Waals surface area (Å²) in [6.07, 6.45) is -1.50. The van der Waals surface area contributed by atoms with Crippen molar-refractivity contribution >= 4 is 5.91 Å². The van der Waals surface area contributed by atoms with Gasteiger partial charge in [-0.05, 0) is 24.1 Å². The van der Waals surface area contributed by atoms with Gasteiger partial charge in [0.05, 0.1) is 19.3 Å². The van der Waals surface area contributed by atoms with Gasteiger partial charge in [0.25, 0.3) is 5.91 Å². The number of carbonyl (C=O) groups is 1. The van der Waals surface area contributed by atoms with Gasteiger partial charge in [-0.3, -0.25) is 14.6 Å². The number of nitrogens with zero attached hydrogens (tertiary/aromatic N) is 7. The molecule has 0 radical (unpaired) electrons. The molecule has 258 valence electrons. The molecule has 0 spiro atoms. The van der Waals surface area contributed by atoms with Crippen molar-refractivity contribution in [2.24, 2.45) is 0 Å². The molecule has 14 heteroatoms. The Labute approximate surface area is 282 Å². The predicted octanol–water partition coefficient (Wildman–Crippen LogP) is 4.46. The molecule has 2 aliphatic rings. The van der Waals surface area contributed by atoms with Gasteiger partial charge in [-0.15, -0.1) is 0 Å². The van der Waals surface area contributed by atoms with E-state index in [1.54, 1.807) is 30.3 Å². The molecule has 2 atom stereocenters. The number of amides is 1. The normalized spacial score (nSPS) is 18.6. The predicted molar refractivity (Wildman–Crippen MR) is 174 cm³/mol. The zero-order valence-corrected chi connectivity index (χ0v) is 27.3. The molecule has 2 aromatic heterocycles. The number of halogens is 3. The fourth-order valence-electron chi connectivity index (χ4n) is 6.75. The number of hydrogen-bond acceptors (Lipinski definition) is 10. The number of alkyl halides is 3. The minimum absolute atomic E-state index is 0.0492. The largest absolute Gasteiger partial charge is 0.481 e. The van der Waals surface area contributed by atoms with Gasteiger partial charge in [-0.25, -0.2) is 9.97 Å². The van der Waals surface area contributed by atoms with Crippen LogP contribution >= 0.6 is 0 Å². The van der Waals surface area contributed by atoms with Crippen molar-refractivity contribution in [2.45, 2.75) is 37.6 Å². The van der Waals surface area contributed by atoms with Crippen molar-refractivity contribution in [3.05, 3.63) is 102 Å². The zero-order chi connectivity index (χ0) is 34.4. The molecule has 2 fully saturated rings. The van der Waals surface area contributed by atoms with E-state index in [9.17, 15) is 18.0 Å². The first kappa shape index (κ1) is 34.1. The summed E-state index contributed by atoms with van der Waals surface area (Å²) < 4.78 is 56.3. The number of aromatic nitrogens is 4. The Balaban J connectivity index is 1.38. The number of methoxy groups -OCH3 is 1. The lowest BCUT2D eigenvalue weighted by Gasteiger charge is -2.53. The molecule has 2 saturated heterocycles. The molecule has 4 heterocycles. The molecule has 6 rings (SSSR count). The quantitative estimate of drug-likeness (QED) is 0.226. The molecular formula is C35H38F3N7O4. The first-order valence-corrected chi connectivity index (χ1v) is 16.2. The molecule has 4 aromatic rings. The summed E-state index contributed by atoms with van der Waals surface area (Å²) in [6, 6.07) is 21.8. The van der Waals surface area contributed by atoms with Crippen LogP contribution < -0.4 is 14.2 Å². The van der Waals surface area contributed by atoms with E-state index in [1.165, 1.54) is 7.11 Å². The van der Waals surface area contributed by atoms with E-state index in [-0.39, 0.29) is 66.2 Å². The Morgan fingerprint density at radius 1 is 0.878 bits per heavy atom. The van der Waals surface area contributed by atoms with Crippen LogP contribution in [-0.2, 0) is 6.54 Å². The number of hydrogen-bond donors (Lipinski definition) is 0. The van der Waals surface area contributed by atoms with E-state index in [1.807, 2.05) is 36.4 Å². The minimum atomic E-state index is -4.59. The maximum atomic E-state index is 13.5. The van der Waals surface area contributed by atoms with Crippen LogP contribution in [0.15, 0.2) is 79.1 Å². The first-order chi connectivity index (χ1) is 23.7. The average molecular weight is 678 g/mol. The van der Waals surface area contributed by atoms with E-state index >= 15 is 0 Å². The number of benzene rings is 2. The molecule has 0 N–H and O–H groups in total. The molecule has 49 heavy (non-hydrogen) atoms. The van der Waals surface area contributed by atoms with Crippen LogP contribution in [0.25, 0.3) is 0 Å². The van der Waals surface area contributed by atoms with E-state index in [0.717, 1.165) is 11.1 Å². The van der Waals surface area contributed by atoms with Crippen molar-refractivity contribution in [1.29, 1.82) is 0 Å². The Morgan fingerprint density at radius 2 is 1.53 bits per heavy atom. The first-order valence-electron chi connectivity index (χ1n) is 16.2. The van der Waals surface area contributed by atoms with Crippen molar-refractivity contribution in [2.75, 3.05) is 53.0 Å². The van der Waals surface area contributed by atoms with E-state index < -0.39 is 12.8 Å². The molecule has 2 aromatic carbocycles. The second kappa shape index (κ2) is 15.2. The van der Waals surface area contributed by atoms with E-state index in [2.05, 4.69) is 54.0 Å². The lowest BCUT2D eigenvalue weighted by Crippen LogP contribution is -2.67. The standard InChI is InChI=1S/C35H38F3N7O4/c1-3-48-34-41-31(47-2)27(32(42-34)49-23-35(36,37)38)21-43-19-26-20-44(33(46)30-39-15-10-16-40-30)17-18-45(26)28(22-43)29(24-11-6-4-7-12-24)25-13-8-5-9-14-25/h4-16,26,28-29H,3,17-23H2,1-2H3/t26-,28+/m1/s1. The third-order valence-electron chi connectivity index (χ3n) is 8.75. The molecule has 11 nitrogen and oxygen atoms in total. The van der Waals surface area contributed by atoms with Crippen molar-refractivity contribution < 1.29 is 32.2 Å². The Kier molecular flexibility index (Phi) is 10.5. The topological polar surface area (TPSA) is 106 Å². The number of rotatable bonds is 11. The second-order valence-electron chi connectivity index (χ2n) is 11.9. The molecule has 0 aliphatic carbocycles. The van der Waals surface area contributed by atoms with Crippen LogP contribution in [0.4, 0.5) is 13.2 Å². The molecule has 1 amide bonds. The van der Waals surface area contributed by atoms with E-state index in [4.69, 9.17) is 14.2 Å². The third-order valence-corrected chi connectivity index (χ3v) is 8.75. The average Bonchev–Trinajstić information content (AvgIpc) is 3.12. The van der Waals surface area contributed by atoms with Gasteiger partial charge in [0.1, 0.15) is 0 Å². The number of fused-ring (bicyclic) bond motifs is 1. The maximum absolute atomic E-state index is 13.5. The van der Waals surface area contributed by atoms with Gasteiger partial charge in [0.2, 0.25) is 17.6 Å². The van der Waals surface area contributed by atoms with Gasteiger partial charge in [-0.2, -0.15) is 23.1 Å². The summed E-state index contributed by atoms with van der Waals surface area (Å²) in [6.45, 7) is 3.10. The molecule has 0 bridgehead atoms. The van der Waals surface area contributed by atoms with Gasteiger partial charge in [-0.1, -0.05) is 60.7 Å². The van der Waals surface area contributed by atoms with Crippen LogP contribution in [-0.4, -0.2) is 112 Å². The van der Waals surface area contributed by atoms with Gasteiger partial charge < -0.3 is 19.1 Å². The van der Waals surface area contributed by atoms with E-state index in [0.29, 0.717) is 32.7 Å². The lowest BCUT2D eigenvalue weighted by atomic mass is 9.81. The Hall–Kier alpha value is -4.82. The fraction of sp³-hybridized carbons (Fsp3) is 0.400. The Bertz CT molecular complexity index is 1650. The monoisotopic (exact) mass is 677 g/mol. The van der Waals surface area contributed by atoms with Crippen molar-refractivity contribution in [3.8, 4) is 17.8 Å². The van der Waals surface area contributed by atoms with Crippen molar-refractivity contribution in [1.82, 2.24) is 34.6 Å². The third kappa shape index (κ3) is 8.08. The summed E-state index contributed by atoms with van der Waals surface area (Å²) in [4.78, 5) is 36.8. The van der Waals surface area contributed by atoms with Crippen LogP contribution in [0, 0.1) is 0 Å². The summed E-state index contributed by atoms with van der Waals surface area (Å²) in [7, 11) is 1.40. The van der Waals surface area contributed by atoms with Crippen LogP contribution in [0.3, 0.4) is 0 Å². The Morgan fingerprint density at radius 3 is 2.14 bits per heavy atom. The van der Waals surface area contributed by atoms with Crippen molar-refractivity contribution in [3.63, 3.8) is 0 Å². The number of ether oxygens (including phenoxy) is 3. The highest BCUT2D eigenvalue weighted by molar-refractivity contribution is 5.90. The molecule has 0 saturated carbocycles. The smallest absolute Gasteiger partial charge is 0.422 e. The van der Waals surface area contributed by atoms with Gasteiger partial charge in [0, 0.05) is 69.7 Å². The fourth-order valence-corrected chi connectivity index (χ4v) is 6.75. The number of carbonyl (C=O) groups excluding carboxylic acids is 1. The highest BCUT2D eigenvalue weighted by Gasteiger charge is 2.44. The second-order valence-corrected chi connectivity index (χ2v) is 11.9. The number of piperazine rings is 2. The highest BCUT2D eigenvalue weighted by Crippen LogP contribution is 2.38. The summed E-state index contributed by atoms with van der Waals surface area (Å²) in [5.74, 6) is -0.350. The molecule has 2 aliphatic heterocycles. The minimum Gasteiger partial charge on any atom is -0.481 e.